The van der Waals surface area contributed by atoms with E-state index in [1.807, 2.05) is 19.1 Å². The molecule has 0 aliphatic rings. The Hall–Kier alpha value is -2.83. The molecule has 0 saturated carbocycles. The lowest BCUT2D eigenvalue weighted by Crippen LogP contribution is -2.36. The summed E-state index contributed by atoms with van der Waals surface area (Å²) in [5.74, 6) is 1.19. The highest BCUT2D eigenvalue weighted by Gasteiger charge is 2.29. The molecule has 1 heterocycles. The minimum atomic E-state index is -0.145. The molecule has 6 nitrogen and oxygen atoms in total. The van der Waals surface area contributed by atoms with Crippen LogP contribution in [0.4, 0.5) is 0 Å². The van der Waals surface area contributed by atoms with Crippen molar-refractivity contribution < 1.29 is 23.7 Å². The Morgan fingerprint density at radius 1 is 1.14 bits per heavy atom. The smallest absolute Gasteiger partial charge is 0.199 e. The fourth-order valence-corrected chi connectivity index (χ4v) is 4.42. The molecule has 4 atom stereocenters. The van der Waals surface area contributed by atoms with Crippen LogP contribution in [-0.2, 0) is 15.9 Å². The van der Waals surface area contributed by atoms with Crippen molar-refractivity contribution in [1.82, 2.24) is 0 Å². The van der Waals surface area contributed by atoms with Gasteiger partial charge in [-0.3, -0.25) is 4.79 Å². The van der Waals surface area contributed by atoms with Gasteiger partial charge < -0.3 is 23.7 Å². The van der Waals surface area contributed by atoms with Gasteiger partial charge in [-0.2, -0.15) is 0 Å². The average Bonchev–Trinajstić information content (AvgIpc) is 2.84. The van der Waals surface area contributed by atoms with Crippen molar-refractivity contribution in [1.29, 1.82) is 0 Å². The van der Waals surface area contributed by atoms with Crippen LogP contribution in [0.15, 0.2) is 57.3 Å². The number of phenolic OH excluding ortho intramolecular Hbond substituents is 1. The quantitative estimate of drug-likeness (QED) is 0.365. The van der Waals surface area contributed by atoms with Crippen LogP contribution >= 0.6 is 0 Å². The van der Waals surface area contributed by atoms with Gasteiger partial charge in [-0.15, -0.1) is 0 Å². The van der Waals surface area contributed by atoms with Gasteiger partial charge in [0, 0.05) is 44.3 Å². The maximum absolute atomic E-state index is 13.0. The summed E-state index contributed by atoms with van der Waals surface area (Å²) in [4.78, 5) is 13.0. The number of allylic oxidation sites excluding steroid dienone is 5. The third kappa shape index (κ3) is 7.09. The lowest BCUT2D eigenvalue weighted by molar-refractivity contribution is -0.0343. The van der Waals surface area contributed by atoms with Gasteiger partial charge >= 0.3 is 0 Å². The van der Waals surface area contributed by atoms with E-state index < -0.39 is 0 Å². The molecule has 4 unspecified atom stereocenters. The summed E-state index contributed by atoms with van der Waals surface area (Å²) in [5, 5.41) is 10.3. The molecule has 35 heavy (non-hydrogen) atoms. The van der Waals surface area contributed by atoms with E-state index in [0.717, 1.165) is 6.42 Å². The zero-order chi connectivity index (χ0) is 26.1. The number of methoxy groups -OCH3 is 3. The summed E-state index contributed by atoms with van der Waals surface area (Å²) in [6.07, 6.45) is 11.4. The number of ether oxygens (including phenoxy) is 3. The normalized spacial score (nSPS) is 16.2. The first-order chi connectivity index (χ1) is 16.7. The molecular formula is C29H40O6. The van der Waals surface area contributed by atoms with E-state index in [0.29, 0.717) is 34.5 Å². The van der Waals surface area contributed by atoms with Crippen molar-refractivity contribution in [3.63, 3.8) is 0 Å². The van der Waals surface area contributed by atoms with Crippen molar-refractivity contribution in [3.05, 3.63) is 69.6 Å². The van der Waals surface area contributed by atoms with Crippen molar-refractivity contribution >= 4 is 11.0 Å². The van der Waals surface area contributed by atoms with Gasteiger partial charge in [0.15, 0.2) is 5.43 Å². The Kier molecular flexibility index (Phi) is 10.8. The van der Waals surface area contributed by atoms with Crippen LogP contribution in [0, 0.1) is 18.8 Å². The van der Waals surface area contributed by atoms with E-state index >= 15 is 0 Å². The third-order valence-electron chi connectivity index (χ3n) is 6.68. The number of benzene rings is 1. The third-order valence-corrected chi connectivity index (χ3v) is 6.68. The van der Waals surface area contributed by atoms with Gasteiger partial charge in [-0.25, -0.2) is 0 Å². The van der Waals surface area contributed by atoms with Crippen LogP contribution in [0.5, 0.6) is 11.5 Å². The van der Waals surface area contributed by atoms with Crippen LogP contribution in [0.1, 0.15) is 45.4 Å². The Morgan fingerprint density at radius 3 is 2.46 bits per heavy atom. The van der Waals surface area contributed by atoms with Gasteiger partial charge in [0.25, 0.3) is 0 Å². The molecule has 0 fully saturated rings. The Morgan fingerprint density at radius 2 is 1.86 bits per heavy atom. The molecule has 192 valence electrons. The van der Waals surface area contributed by atoms with E-state index in [1.54, 1.807) is 21.1 Å². The maximum atomic E-state index is 13.0. The highest BCUT2D eigenvalue weighted by Crippen LogP contribution is 2.31. The van der Waals surface area contributed by atoms with Gasteiger partial charge in [0.05, 0.1) is 19.3 Å². The Bertz CT molecular complexity index is 1120. The van der Waals surface area contributed by atoms with Gasteiger partial charge in [0.2, 0.25) is 0 Å². The van der Waals surface area contributed by atoms with Crippen molar-refractivity contribution in [3.8, 4) is 11.5 Å². The average molecular weight is 485 g/mol. The van der Waals surface area contributed by atoms with E-state index in [4.69, 9.17) is 18.6 Å². The van der Waals surface area contributed by atoms with Crippen molar-refractivity contribution in [2.24, 2.45) is 11.8 Å². The molecule has 0 aliphatic carbocycles. The van der Waals surface area contributed by atoms with E-state index in [-0.39, 0.29) is 35.2 Å². The number of hydrogen-bond donors (Lipinski definition) is 1. The summed E-state index contributed by atoms with van der Waals surface area (Å²) in [6.45, 7) is 10.1. The first kappa shape index (κ1) is 28.4. The maximum Gasteiger partial charge on any atom is 0.199 e. The number of fused-ring (bicyclic) bond motifs is 1. The van der Waals surface area contributed by atoms with Crippen molar-refractivity contribution in [2.45, 2.75) is 59.7 Å². The predicted octanol–water partition coefficient (Wildman–Crippen LogP) is 6.13. The highest BCUT2D eigenvalue weighted by atomic mass is 16.5. The topological polar surface area (TPSA) is 78.1 Å². The molecular weight excluding hydrogens is 444 g/mol. The SMILES string of the molecule is C/C=C(C)/C=C/C=C/C(OC)C(C)C(OC)C(C)CCc1oc2cc(O)cc(OC)c2c(=O)c1C. The molecule has 1 aromatic carbocycles. The standard InChI is InChI=1S/C29H40O6/c1-9-18(2)12-10-11-13-23(32-6)21(5)29(34-8)19(3)14-15-24-20(4)28(31)27-25(33-7)16-22(30)17-26(27)35-24/h9-13,16-17,19,21,23,29-30H,14-15H2,1-8H3/b12-10+,13-11+,18-9+. The molecule has 1 aromatic heterocycles. The van der Waals surface area contributed by atoms with Crippen LogP contribution < -0.4 is 10.2 Å². The molecule has 2 aromatic rings. The number of aromatic hydroxyl groups is 1. The van der Waals surface area contributed by atoms with Gasteiger partial charge in [0.1, 0.15) is 28.2 Å². The fourth-order valence-electron chi connectivity index (χ4n) is 4.42. The zero-order valence-electron chi connectivity index (χ0n) is 22.3. The van der Waals surface area contributed by atoms with Crippen LogP contribution in [0.2, 0.25) is 0 Å². The van der Waals surface area contributed by atoms with Gasteiger partial charge in [-0.05, 0) is 33.1 Å². The summed E-state index contributed by atoms with van der Waals surface area (Å²) in [6, 6.07) is 2.87. The molecule has 0 radical (unpaired) electrons. The first-order valence-electron chi connectivity index (χ1n) is 12.0. The summed E-state index contributed by atoms with van der Waals surface area (Å²) in [5.41, 5.74) is 1.93. The number of rotatable bonds is 12. The molecule has 0 spiro atoms. The Balaban J connectivity index is 2.19. The number of hydrogen-bond acceptors (Lipinski definition) is 6. The lowest BCUT2D eigenvalue weighted by atomic mass is 9.86. The fraction of sp³-hybridized carbons (Fsp3) is 0.483. The largest absolute Gasteiger partial charge is 0.508 e. The van der Waals surface area contributed by atoms with Gasteiger partial charge in [-0.1, -0.05) is 49.8 Å². The molecule has 0 saturated heterocycles. The van der Waals surface area contributed by atoms with Crippen LogP contribution in [-0.4, -0.2) is 38.6 Å². The van der Waals surface area contributed by atoms with E-state index in [9.17, 15) is 9.90 Å². The second-order valence-electron chi connectivity index (χ2n) is 9.05. The molecule has 0 amide bonds. The second-order valence-corrected chi connectivity index (χ2v) is 9.05. The van der Waals surface area contributed by atoms with Crippen molar-refractivity contribution in [2.75, 3.05) is 21.3 Å². The molecule has 2 rings (SSSR count). The monoisotopic (exact) mass is 484 g/mol. The Labute approximate surface area is 208 Å². The van der Waals surface area contributed by atoms with E-state index in [1.165, 1.54) is 24.8 Å². The van der Waals surface area contributed by atoms with Crippen LogP contribution in [0.25, 0.3) is 11.0 Å². The molecule has 0 bridgehead atoms. The minimum Gasteiger partial charge on any atom is -0.508 e. The zero-order valence-corrected chi connectivity index (χ0v) is 22.3. The lowest BCUT2D eigenvalue weighted by Gasteiger charge is -2.32. The van der Waals surface area contributed by atoms with Crippen LogP contribution in [0.3, 0.4) is 0 Å². The molecule has 6 heteroatoms. The summed E-state index contributed by atoms with van der Waals surface area (Å²) in [7, 11) is 4.90. The van der Waals surface area contributed by atoms with E-state index in [2.05, 4.69) is 39.0 Å². The molecule has 0 aliphatic heterocycles. The second kappa shape index (κ2) is 13.3. The number of phenols is 1. The summed E-state index contributed by atoms with van der Waals surface area (Å²) >= 11 is 0. The predicted molar refractivity (Wildman–Crippen MR) is 141 cm³/mol. The highest BCUT2D eigenvalue weighted by molar-refractivity contribution is 5.85. The molecule has 1 N–H and O–H groups in total. The first-order valence-corrected chi connectivity index (χ1v) is 12.0. The summed E-state index contributed by atoms with van der Waals surface area (Å²) < 4.78 is 23.0. The number of aryl methyl sites for hydroxylation is 1. The minimum absolute atomic E-state index is 0.0108.